The van der Waals surface area contributed by atoms with Crippen LogP contribution in [0.5, 0.6) is 11.5 Å². The fraction of sp³-hybridized carbons (Fsp3) is 0.741. The van der Waals surface area contributed by atoms with Crippen molar-refractivity contribution in [2.45, 2.75) is 209 Å². The zero-order valence-corrected chi connectivity index (χ0v) is 41.2. The van der Waals surface area contributed by atoms with Crippen molar-refractivity contribution in [2.75, 3.05) is 0 Å². The number of hydrogen-bond donors (Lipinski definition) is 4. The van der Waals surface area contributed by atoms with Crippen molar-refractivity contribution >= 4 is 0 Å². The number of aliphatic hydroxyl groups is 2. The van der Waals surface area contributed by atoms with Crippen LogP contribution >= 0.6 is 0 Å². The summed E-state index contributed by atoms with van der Waals surface area (Å²) >= 11 is 0. The van der Waals surface area contributed by atoms with E-state index in [-0.39, 0.29) is 57.2 Å². The number of fused-ring (bicyclic) bond motifs is 6. The number of hydrogen-bond acceptors (Lipinski definition) is 10. The SMILES string of the molecule is C=C1CC[C@@H]2[C@](C)(CC[C@H]3OC(C)(C)[C@@H](O)CC[C@]23C)[C@@H]1Cc1c(O)c(C)c(C)oc1=O.C=C1CC[C@@H]2[C@](C)(CC[C@H]3OC(C)(C)[C@@H](O)CC[C@]23C)[C@@H]1Cc1c(O)c(C)c(C)oc1=O. The Kier molecular flexibility index (Phi) is 12.8. The predicted octanol–water partition coefficient (Wildman–Crippen LogP) is 10.4. The standard InChI is InChI=1S/2C27H40O5/c2*1-15-8-9-20-26(6,19(15)14-18-23(29)16(2)17(3)31-24(18)30)13-11-22-27(20,7)12-10-21(28)25(4,5)32-22/h2*19-22,28-29H,1,8-14H2,2-7H3/t2*19-,20-,21+,22-,26-,27-/m11/s1. The molecular weight excluding hydrogens is 809 g/mol. The summed E-state index contributed by atoms with van der Waals surface area (Å²) in [7, 11) is 0. The molecule has 10 nitrogen and oxygen atoms in total. The van der Waals surface area contributed by atoms with Crippen LogP contribution in [0.15, 0.2) is 42.7 Å². The van der Waals surface area contributed by atoms with Gasteiger partial charge >= 0.3 is 11.3 Å². The van der Waals surface area contributed by atoms with Crippen LogP contribution in [0.25, 0.3) is 0 Å². The van der Waals surface area contributed by atoms with E-state index in [1.54, 1.807) is 27.7 Å². The number of allylic oxidation sites excluding steroid dienone is 2. The van der Waals surface area contributed by atoms with Crippen LogP contribution in [0.4, 0.5) is 0 Å². The topological polar surface area (TPSA) is 160 Å². The minimum absolute atomic E-state index is 0.0450. The maximum absolute atomic E-state index is 12.7. The average molecular weight is 889 g/mol. The number of aromatic hydroxyl groups is 2. The highest BCUT2D eigenvalue weighted by molar-refractivity contribution is 5.41. The Balaban J connectivity index is 0.000000191. The van der Waals surface area contributed by atoms with Crippen molar-refractivity contribution in [1.82, 2.24) is 0 Å². The molecule has 0 amide bonds. The van der Waals surface area contributed by atoms with Gasteiger partial charge in [-0.25, -0.2) is 9.59 Å². The fourth-order valence-electron chi connectivity index (χ4n) is 14.5. The van der Waals surface area contributed by atoms with E-state index < -0.39 is 34.7 Å². The van der Waals surface area contributed by atoms with Crippen molar-refractivity contribution in [3.05, 3.63) is 78.9 Å². The molecule has 0 unspecified atom stereocenters. The van der Waals surface area contributed by atoms with E-state index in [2.05, 4.69) is 40.9 Å². The molecule has 64 heavy (non-hydrogen) atoms. The molecule has 4 N–H and O–H groups in total. The van der Waals surface area contributed by atoms with Gasteiger partial charge in [0.15, 0.2) is 0 Å². The molecule has 10 heteroatoms. The summed E-state index contributed by atoms with van der Waals surface area (Å²) in [6.07, 6.45) is 11.3. The molecule has 2 saturated heterocycles. The van der Waals surface area contributed by atoms with Gasteiger partial charge in [-0.05, 0) is 191 Å². The first-order valence-corrected chi connectivity index (χ1v) is 24.3. The second-order valence-electron chi connectivity index (χ2n) is 23.4. The number of aryl methyl sites for hydroxylation is 2. The van der Waals surface area contributed by atoms with Gasteiger partial charge in [0.25, 0.3) is 0 Å². The van der Waals surface area contributed by atoms with E-state index in [0.717, 1.165) is 88.2 Å². The Bertz CT molecular complexity index is 2110. The van der Waals surface area contributed by atoms with Gasteiger partial charge in [0.05, 0.1) is 46.7 Å². The highest BCUT2D eigenvalue weighted by atomic mass is 16.5. The van der Waals surface area contributed by atoms with Crippen molar-refractivity contribution in [3.8, 4) is 11.5 Å². The first kappa shape index (κ1) is 48.7. The largest absolute Gasteiger partial charge is 0.507 e. The van der Waals surface area contributed by atoms with Crippen LogP contribution in [0.1, 0.15) is 166 Å². The molecule has 2 aliphatic heterocycles. The van der Waals surface area contributed by atoms with E-state index in [1.807, 2.05) is 27.7 Å². The Morgan fingerprint density at radius 3 is 1.20 bits per heavy atom. The molecule has 0 spiro atoms. The highest BCUT2D eigenvalue weighted by Gasteiger charge is 2.62. The first-order valence-electron chi connectivity index (χ1n) is 24.3. The summed E-state index contributed by atoms with van der Waals surface area (Å²) in [4.78, 5) is 25.4. The van der Waals surface area contributed by atoms with Gasteiger partial charge in [-0.2, -0.15) is 0 Å². The Labute approximate surface area is 381 Å². The quantitative estimate of drug-likeness (QED) is 0.218. The fourth-order valence-corrected chi connectivity index (χ4v) is 14.5. The van der Waals surface area contributed by atoms with Crippen LogP contribution in [-0.4, -0.2) is 56.0 Å². The Morgan fingerprint density at radius 1 is 0.531 bits per heavy atom. The third kappa shape index (κ3) is 8.00. The second-order valence-corrected chi connectivity index (χ2v) is 23.4. The number of rotatable bonds is 4. The summed E-state index contributed by atoms with van der Waals surface area (Å²) in [5.41, 5.74) is 2.18. The van der Waals surface area contributed by atoms with Gasteiger partial charge in [0, 0.05) is 11.1 Å². The lowest BCUT2D eigenvalue weighted by Gasteiger charge is -2.61. The van der Waals surface area contributed by atoms with Crippen molar-refractivity contribution < 1.29 is 38.7 Å². The number of aliphatic hydroxyl groups excluding tert-OH is 2. The molecule has 12 atom stereocenters. The molecule has 8 rings (SSSR count). The Hall–Kier alpha value is -3.18. The lowest BCUT2D eigenvalue weighted by Crippen LogP contribution is -2.57. The molecule has 0 aromatic carbocycles. The number of ether oxygens (including phenoxy) is 2. The zero-order chi connectivity index (χ0) is 47.3. The van der Waals surface area contributed by atoms with Crippen LogP contribution < -0.4 is 11.3 Å². The molecule has 6 fully saturated rings. The third-order valence-corrected chi connectivity index (χ3v) is 19.2. The summed E-state index contributed by atoms with van der Waals surface area (Å²) in [5.74, 6) is 2.05. The molecule has 0 radical (unpaired) electrons. The molecule has 4 saturated carbocycles. The highest BCUT2D eigenvalue weighted by Crippen LogP contribution is 2.66. The van der Waals surface area contributed by atoms with Crippen LogP contribution in [0.2, 0.25) is 0 Å². The van der Waals surface area contributed by atoms with Crippen molar-refractivity contribution in [1.29, 1.82) is 0 Å². The minimum atomic E-state index is -0.544. The Morgan fingerprint density at radius 2 is 0.859 bits per heavy atom. The molecule has 2 aromatic rings. The van der Waals surface area contributed by atoms with Gasteiger partial charge in [-0.15, -0.1) is 0 Å². The van der Waals surface area contributed by atoms with Gasteiger partial charge in [-0.1, -0.05) is 52.0 Å². The summed E-state index contributed by atoms with van der Waals surface area (Å²) in [6.45, 7) is 33.3. The van der Waals surface area contributed by atoms with E-state index >= 15 is 0 Å². The van der Waals surface area contributed by atoms with Gasteiger partial charge in [-0.3, -0.25) is 0 Å². The van der Waals surface area contributed by atoms with E-state index in [4.69, 9.17) is 18.3 Å². The maximum Gasteiger partial charge on any atom is 0.342 e. The van der Waals surface area contributed by atoms with E-state index in [9.17, 15) is 30.0 Å². The van der Waals surface area contributed by atoms with Gasteiger partial charge < -0.3 is 38.7 Å². The van der Waals surface area contributed by atoms with E-state index in [0.29, 0.717) is 58.5 Å². The monoisotopic (exact) mass is 889 g/mol. The molecule has 2 aromatic heterocycles. The molecule has 0 bridgehead atoms. The van der Waals surface area contributed by atoms with Crippen LogP contribution in [-0.2, 0) is 22.3 Å². The molecule has 4 aliphatic carbocycles. The average Bonchev–Trinajstić information content (AvgIpc) is 3.36. The van der Waals surface area contributed by atoms with Gasteiger partial charge in [0.2, 0.25) is 0 Å². The first-order chi connectivity index (χ1) is 29.6. The maximum atomic E-state index is 12.7. The molecule has 356 valence electrons. The summed E-state index contributed by atoms with van der Waals surface area (Å²) < 4.78 is 24.0. The summed E-state index contributed by atoms with van der Waals surface area (Å²) in [5, 5.41) is 43.0. The van der Waals surface area contributed by atoms with Crippen LogP contribution in [0, 0.1) is 73.0 Å². The van der Waals surface area contributed by atoms with Crippen molar-refractivity contribution in [3.63, 3.8) is 0 Å². The zero-order valence-electron chi connectivity index (χ0n) is 41.2. The smallest absolute Gasteiger partial charge is 0.342 e. The third-order valence-electron chi connectivity index (χ3n) is 19.2. The molecule has 6 aliphatic rings. The van der Waals surface area contributed by atoms with Crippen molar-refractivity contribution in [2.24, 2.45) is 45.3 Å². The van der Waals surface area contributed by atoms with Gasteiger partial charge in [0.1, 0.15) is 23.0 Å². The lowest BCUT2D eigenvalue weighted by molar-refractivity contribution is -0.198. The summed E-state index contributed by atoms with van der Waals surface area (Å²) in [6, 6.07) is 0. The minimum Gasteiger partial charge on any atom is -0.507 e. The second kappa shape index (κ2) is 16.9. The normalized spacial score (nSPS) is 39.2. The molecule has 4 heterocycles. The van der Waals surface area contributed by atoms with E-state index in [1.165, 1.54) is 0 Å². The predicted molar refractivity (Wildman–Crippen MR) is 250 cm³/mol. The lowest BCUT2D eigenvalue weighted by atomic mass is 9.45. The van der Waals surface area contributed by atoms with Crippen LogP contribution in [0.3, 0.4) is 0 Å². The molecular formula is C54H80O10.